The molecule has 0 amide bonds. The van der Waals surface area contributed by atoms with Crippen molar-refractivity contribution in [3.05, 3.63) is 75.6 Å². The van der Waals surface area contributed by atoms with E-state index in [4.69, 9.17) is 9.15 Å². The van der Waals surface area contributed by atoms with Crippen molar-refractivity contribution in [2.45, 2.75) is 26.9 Å². The Kier molecular flexibility index (Phi) is 5.19. The van der Waals surface area contributed by atoms with Gasteiger partial charge in [-0.25, -0.2) is 4.79 Å². The van der Waals surface area contributed by atoms with Crippen LogP contribution < -0.4 is 10.4 Å². The quantitative estimate of drug-likeness (QED) is 0.634. The lowest BCUT2D eigenvalue weighted by Crippen LogP contribution is -2.23. The molecule has 4 heteroatoms. The van der Waals surface area contributed by atoms with E-state index in [1.54, 1.807) is 25.3 Å². The van der Waals surface area contributed by atoms with Crippen LogP contribution in [0.4, 0.5) is 0 Å². The van der Waals surface area contributed by atoms with Crippen LogP contribution in [0.3, 0.4) is 0 Å². The van der Waals surface area contributed by atoms with Crippen LogP contribution in [0, 0.1) is 6.92 Å². The molecular formula is C21H23NO3. The van der Waals surface area contributed by atoms with Crippen molar-refractivity contribution in [2.24, 2.45) is 0 Å². The average Bonchev–Trinajstić information content (AvgIpc) is 2.62. The second-order valence-electron chi connectivity index (χ2n) is 6.24. The van der Waals surface area contributed by atoms with Crippen LogP contribution in [0.15, 0.2) is 57.7 Å². The third kappa shape index (κ3) is 4.09. The smallest absolute Gasteiger partial charge is 0.336 e. The fraction of sp³-hybridized carbons (Fsp3) is 0.286. The van der Waals surface area contributed by atoms with Crippen LogP contribution in [-0.4, -0.2) is 18.6 Å². The predicted octanol–water partition coefficient (Wildman–Crippen LogP) is 4.13. The number of rotatable bonds is 6. The molecule has 0 aliphatic rings. The maximum atomic E-state index is 11.9. The average molecular weight is 337 g/mol. The third-order valence-corrected chi connectivity index (χ3v) is 4.40. The lowest BCUT2D eigenvalue weighted by atomic mass is 10.1. The van der Waals surface area contributed by atoms with Crippen molar-refractivity contribution < 1.29 is 9.15 Å². The maximum absolute atomic E-state index is 11.9. The second-order valence-corrected chi connectivity index (χ2v) is 6.24. The van der Waals surface area contributed by atoms with Gasteiger partial charge in [0.25, 0.3) is 0 Å². The number of aryl methyl sites for hydroxylation is 1. The molecule has 0 bridgehead atoms. The standard InChI is InChI=1S/C21H23NO3/c1-4-22(13-16-7-5-15(2)6-8-16)14-17-11-21(23)25-20-10-9-18(24-3)12-19(17)20/h5-12H,4,13-14H2,1-3H3. The molecule has 130 valence electrons. The van der Waals surface area contributed by atoms with Crippen molar-refractivity contribution in [3.8, 4) is 5.75 Å². The van der Waals surface area contributed by atoms with Gasteiger partial charge in [0.2, 0.25) is 0 Å². The van der Waals surface area contributed by atoms with Gasteiger partial charge in [0.15, 0.2) is 0 Å². The minimum absolute atomic E-state index is 0.320. The van der Waals surface area contributed by atoms with Gasteiger partial charge in [0, 0.05) is 24.5 Å². The fourth-order valence-corrected chi connectivity index (χ4v) is 2.94. The number of methoxy groups -OCH3 is 1. The molecule has 3 rings (SSSR count). The summed E-state index contributed by atoms with van der Waals surface area (Å²) in [5.41, 5.74) is 3.75. The van der Waals surface area contributed by atoms with E-state index in [9.17, 15) is 4.79 Å². The van der Waals surface area contributed by atoms with E-state index in [0.29, 0.717) is 12.1 Å². The Morgan fingerprint density at radius 3 is 2.48 bits per heavy atom. The monoisotopic (exact) mass is 337 g/mol. The molecule has 0 radical (unpaired) electrons. The number of benzene rings is 2. The van der Waals surface area contributed by atoms with Crippen LogP contribution in [0.1, 0.15) is 23.6 Å². The van der Waals surface area contributed by atoms with Gasteiger partial charge in [-0.2, -0.15) is 0 Å². The first kappa shape index (κ1) is 17.2. The SMILES string of the molecule is CCN(Cc1ccc(C)cc1)Cc1cc(=O)oc2ccc(OC)cc12. The third-order valence-electron chi connectivity index (χ3n) is 4.40. The van der Waals surface area contributed by atoms with Crippen molar-refractivity contribution in [2.75, 3.05) is 13.7 Å². The fourth-order valence-electron chi connectivity index (χ4n) is 2.94. The minimum Gasteiger partial charge on any atom is -0.497 e. The highest BCUT2D eigenvalue weighted by Crippen LogP contribution is 2.24. The summed E-state index contributed by atoms with van der Waals surface area (Å²) in [6.45, 7) is 6.62. The molecular weight excluding hydrogens is 314 g/mol. The highest BCUT2D eigenvalue weighted by molar-refractivity contribution is 5.81. The Labute approximate surface area is 147 Å². The van der Waals surface area contributed by atoms with Gasteiger partial charge < -0.3 is 9.15 Å². The molecule has 2 aromatic carbocycles. The molecule has 0 fully saturated rings. The lowest BCUT2D eigenvalue weighted by Gasteiger charge is -2.21. The van der Waals surface area contributed by atoms with Crippen LogP contribution >= 0.6 is 0 Å². The predicted molar refractivity (Wildman–Crippen MR) is 100 cm³/mol. The lowest BCUT2D eigenvalue weighted by molar-refractivity contribution is 0.272. The summed E-state index contributed by atoms with van der Waals surface area (Å²) in [6.07, 6.45) is 0. The van der Waals surface area contributed by atoms with E-state index in [1.807, 2.05) is 6.07 Å². The molecule has 3 aromatic rings. The van der Waals surface area contributed by atoms with Gasteiger partial charge in [-0.05, 0) is 42.8 Å². The Morgan fingerprint density at radius 1 is 1.04 bits per heavy atom. The molecule has 1 aromatic heterocycles. The zero-order valence-corrected chi connectivity index (χ0v) is 14.9. The van der Waals surface area contributed by atoms with E-state index in [-0.39, 0.29) is 5.63 Å². The van der Waals surface area contributed by atoms with Gasteiger partial charge in [-0.3, -0.25) is 4.90 Å². The van der Waals surface area contributed by atoms with E-state index in [1.165, 1.54) is 11.1 Å². The zero-order chi connectivity index (χ0) is 17.8. The molecule has 0 aliphatic carbocycles. The van der Waals surface area contributed by atoms with Crippen LogP contribution in [0.2, 0.25) is 0 Å². The summed E-state index contributed by atoms with van der Waals surface area (Å²) in [6, 6.07) is 15.7. The topological polar surface area (TPSA) is 42.7 Å². The highest BCUT2D eigenvalue weighted by atomic mass is 16.5. The van der Waals surface area contributed by atoms with Crippen molar-refractivity contribution >= 4 is 11.0 Å². The van der Waals surface area contributed by atoms with Crippen LogP contribution in [0.25, 0.3) is 11.0 Å². The Morgan fingerprint density at radius 2 is 1.80 bits per heavy atom. The van der Waals surface area contributed by atoms with E-state index < -0.39 is 0 Å². The molecule has 0 unspecified atom stereocenters. The number of nitrogens with zero attached hydrogens (tertiary/aromatic N) is 1. The Bertz CT molecular complexity index is 913. The first-order chi connectivity index (χ1) is 12.1. The zero-order valence-electron chi connectivity index (χ0n) is 14.9. The summed E-state index contributed by atoms with van der Waals surface area (Å²) >= 11 is 0. The molecule has 25 heavy (non-hydrogen) atoms. The van der Waals surface area contributed by atoms with Crippen LogP contribution in [-0.2, 0) is 13.1 Å². The van der Waals surface area contributed by atoms with Gasteiger partial charge in [-0.1, -0.05) is 36.8 Å². The molecule has 0 saturated heterocycles. The Balaban J connectivity index is 1.91. The molecule has 0 N–H and O–H groups in total. The number of hydrogen-bond donors (Lipinski definition) is 0. The number of fused-ring (bicyclic) bond motifs is 1. The molecule has 1 heterocycles. The molecule has 4 nitrogen and oxygen atoms in total. The molecule has 0 saturated carbocycles. The minimum atomic E-state index is -0.320. The first-order valence-corrected chi connectivity index (χ1v) is 8.47. The van der Waals surface area contributed by atoms with Crippen molar-refractivity contribution in [3.63, 3.8) is 0 Å². The van der Waals surface area contributed by atoms with Gasteiger partial charge in [0.1, 0.15) is 11.3 Å². The normalized spacial score (nSPS) is 11.2. The summed E-state index contributed by atoms with van der Waals surface area (Å²) in [7, 11) is 1.63. The second kappa shape index (κ2) is 7.53. The van der Waals surface area contributed by atoms with Gasteiger partial charge in [0.05, 0.1) is 7.11 Å². The summed E-state index contributed by atoms with van der Waals surface area (Å²) < 4.78 is 10.6. The number of hydrogen-bond acceptors (Lipinski definition) is 4. The van der Waals surface area contributed by atoms with Crippen molar-refractivity contribution in [1.82, 2.24) is 4.90 Å². The molecule has 0 aliphatic heterocycles. The van der Waals surface area contributed by atoms with Crippen molar-refractivity contribution in [1.29, 1.82) is 0 Å². The maximum Gasteiger partial charge on any atom is 0.336 e. The number of ether oxygens (including phenoxy) is 1. The summed E-state index contributed by atoms with van der Waals surface area (Å²) in [4.78, 5) is 14.2. The molecule has 0 spiro atoms. The molecule has 0 atom stereocenters. The van der Waals surface area contributed by atoms with E-state index in [2.05, 4.69) is 43.0 Å². The van der Waals surface area contributed by atoms with Crippen LogP contribution in [0.5, 0.6) is 5.75 Å². The largest absolute Gasteiger partial charge is 0.497 e. The summed E-state index contributed by atoms with van der Waals surface area (Å²) in [5, 5.41) is 0.918. The van der Waals surface area contributed by atoms with E-state index in [0.717, 1.165) is 29.8 Å². The first-order valence-electron chi connectivity index (χ1n) is 8.47. The highest BCUT2D eigenvalue weighted by Gasteiger charge is 2.11. The van der Waals surface area contributed by atoms with Gasteiger partial charge in [-0.15, -0.1) is 0 Å². The van der Waals surface area contributed by atoms with Gasteiger partial charge >= 0.3 is 5.63 Å². The Hall–Kier alpha value is -2.59. The summed E-state index contributed by atoms with van der Waals surface area (Å²) in [5.74, 6) is 0.754. The van der Waals surface area contributed by atoms with E-state index >= 15 is 0 Å².